The fourth-order valence-electron chi connectivity index (χ4n) is 2.05. The van der Waals surface area contributed by atoms with Gasteiger partial charge in [-0.15, -0.1) is 11.3 Å². The van der Waals surface area contributed by atoms with Gasteiger partial charge in [0.05, 0.1) is 6.54 Å². The Morgan fingerprint density at radius 2 is 2.20 bits per heavy atom. The van der Waals surface area contributed by atoms with Crippen molar-refractivity contribution in [1.29, 1.82) is 0 Å². The van der Waals surface area contributed by atoms with Gasteiger partial charge in [0.15, 0.2) is 5.13 Å². The second-order valence-corrected chi connectivity index (χ2v) is 5.89. The molecule has 0 aliphatic carbocycles. The third-order valence-corrected chi connectivity index (χ3v) is 4.28. The Hall–Kier alpha value is -1.40. The minimum atomic E-state index is 0.383. The van der Waals surface area contributed by atoms with Crippen LogP contribution in [-0.4, -0.2) is 33.9 Å². The highest BCUT2D eigenvalue weighted by atomic mass is 32.1. The first kappa shape index (κ1) is 15.0. The summed E-state index contributed by atoms with van der Waals surface area (Å²) >= 11 is 1.77. The average Bonchev–Trinajstić information content (AvgIpc) is 3.10. The molecular formula is C14H23N5S. The lowest BCUT2D eigenvalue weighted by atomic mass is 10.3. The molecule has 5 nitrogen and oxygen atoms in total. The molecule has 0 saturated heterocycles. The predicted molar refractivity (Wildman–Crippen MR) is 84.2 cm³/mol. The van der Waals surface area contributed by atoms with Crippen LogP contribution < -0.4 is 10.2 Å². The molecule has 1 unspecified atom stereocenters. The molecule has 2 aromatic heterocycles. The first-order valence-corrected chi connectivity index (χ1v) is 7.95. The summed E-state index contributed by atoms with van der Waals surface area (Å²) in [4.78, 5) is 8.05. The zero-order valence-corrected chi connectivity index (χ0v) is 13.2. The molecular weight excluding hydrogens is 270 g/mol. The van der Waals surface area contributed by atoms with Crippen molar-refractivity contribution >= 4 is 16.5 Å². The Kier molecular flexibility index (Phi) is 5.55. The largest absolute Gasteiger partial charge is 0.349 e. The molecule has 0 fully saturated rings. The molecule has 0 amide bonds. The summed E-state index contributed by atoms with van der Waals surface area (Å²) in [6, 6.07) is 2.33. The van der Waals surface area contributed by atoms with Gasteiger partial charge >= 0.3 is 0 Å². The Morgan fingerprint density at radius 1 is 1.40 bits per heavy atom. The van der Waals surface area contributed by atoms with Crippen LogP contribution in [-0.2, 0) is 13.1 Å². The second-order valence-electron chi connectivity index (χ2n) is 4.79. The topological polar surface area (TPSA) is 46.0 Å². The van der Waals surface area contributed by atoms with Crippen LogP contribution in [0.1, 0.15) is 25.6 Å². The number of anilines is 1. The third kappa shape index (κ3) is 4.05. The van der Waals surface area contributed by atoms with Gasteiger partial charge in [0.25, 0.3) is 0 Å². The molecule has 0 radical (unpaired) electrons. The highest BCUT2D eigenvalue weighted by molar-refractivity contribution is 7.15. The molecule has 110 valence electrons. The summed E-state index contributed by atoms with van der Waals surface area (Å²) in [5.41, 5.74) is 0. The Morgan fingerprint density at radius 3 is 2.85 bits per heavy atom. The SMILES string of the molecule is CCN(CC)c1ncc(CNC(C)Cn2cccn2)s1. The molecule has 2 aromatic rings. The number of rotatable bonds is 8. The van der Waals surface area contributed by atoms with Crippen LogP contribution in [0.4, 0.5) is 5.13 Å². The van der Waals surface area contributed by atoms with Gasteiger partial charge in [-0.3, -0.25) is 4.68 Å². The van der Waals surface area contributed by atoms with Gasteiger partial charge in [-0.25, -0.2) is 4.98 Å². The van der Waals surface area contributed by atoms with Crippen LogP contribution in [0.15, 0.2) is 24.7 Å². The summed E-state index contributed by atoms with van der Waals surface area (Å²) in [6.07, 6.45) is 5.78. The number of hydrogen-bond acceptors (Lipinski definition) is 5. The summed E-state index contributed by atoms with van der Waals surface area (Å²) in [6.45, 7) is 10.3. The number of nitrogens with zero attached hydrogens (tertiary/aromatic N) is 4. The maximum Gasteiger partial charge on any atom is 0.185 e. The Bertz CT molecular complexity index is 489. The van der Waals surface area contributed by atoms with Crippen molar-refractivity contribution in [3.63, 3.8) is 0 Å². The lowest BCUT2D eigenvalue weighted by molar-refractivity contribution is 0.452. The van der Waals surface area contributed by atoms with Crippen molar-refractivity contribution < 1.29 is 0 Å². The normalized spacial score (nSPS) is 12.6. The minimum Gasteiger partial charge on any atom is -0.349 e. The fourth-order valence-corrected chi connectivity index (χ4v) is 3.04. The van der Waals surface area contributed by atoms with Gasteiger partial charge in [0, 0.05) is 49.1 Å². The van der Waals surface area contributed by atoms with E-state index in [0.717, 1.165) is 31.3 Å². The molecule has 2 rings (SSSR count). The van der Waals surface area contributed by atoms with Crippen molar-refractivity contribution in [2.24, 2.45) is 0 Å². The summed E-state index contributed by atoms with van der Waals surface area (Å²) in [5.74, 6) is 0. The van der Waals surface area contributed by atoms with E-state index in [4.69, 9.17) is 0 Å². The number of thiazole rings is 1. The fraction of sp³-hybridized carbons (Fsp3) is 0.571. The number of aromatic nitrogens is 3. The van der Waals surface area contributed by atoms with Gasteiger partial charge in [-0.05, 0) is 26.8 Å². The van der Waals surface area contributed by atoms with Crippen LogP contribution in [0.3, 0.4) is 0 Å². The van der Waals surface area contributed by atoms with Crippen LogP contribution in [0, 0.1) is 0 Å². The van der Waals surface area contributed by atoms with Crippen molar-refractivity contribution in [1.82, 2.24) is 20.1 Å². The van der Waals surface area contributed by atoms with E-state index in [1.54, 1.807) is 11.3 Å². The molecule has 0 bridgehead atoms. The van der Waals surface area contributed by atoms with Gasteiger partial charge in [0.1, 0.15) is 0 Å². The molecule has 0 aromatic carbocycles. The molecule has 0 aliphatic rings. The van der Waals surface area contributed by atoms with Gasteiger partial charge in [0.2, 0.25) is 0 Å². The summed E-state index contributed by atoms with van der Waals surface area (Å²) in [7, 11) is 0. The number of nitrogens with one attached hydrogen (secondary N) is 1. The lowest BCUT2D eigenvalue weighted by Crippen LogP contribution is -2.29. The standard InChI is InChI=1S/C14H23N5S/c1-4-18(5-2)14-16-10-13(20-14)9-15-12(3)11-19-8-6-7-17-19/h6-8,10,12,15H,4-5,9,11H2,1-3H3. The predicted octanol–water partition coefficient (Wildman–Crippen LogP) is 2.36. The van der Waals surface area contributed by atoms with Gasteiger partial charge in [-0.1, -0.05) is 0 Å². The average molecular weight is 293 g/mol. The molecule has 1 N–H and O–H groups in total. The van der Waals surface area contributed by atoms with E-state index in [2.05, 4.69) is 41.1 Å². The van der Waals surface area contributed by atoms with E-state index in [1.807, 2.05) is 29.3 Å². The molecule has 2 heterocycles. The second kappa shape index (κ2) is 7.40. The maximum atomic E-state index is 4.50. The number of hydrogen-bond donors (Lipinski definition) is 1. The molecule has 0 spiro atoms. The van der Waals surface area contributed by atoms with Crippen LogP contribution in [0.5, 0.6) is 0 Å². The quantitative estimate of drug-likeness (QED) is 0.811. The van der Waals surface area contributed by atoms with Crippen molar-refractivity contribution in [2.45, 2.75) is 39.9 Å². The van der Waals surface area contributed by atoms with Gasteiger partial charge < -0.3 is 10.2 Å². The van der Waals surface area contributed by atoms with E-state index in [1.165, 1.54) is 4.88 Å². The molecule has 20 heavy (non-hydrogen) atoms. The zero-order valence-electron chi connectivity index (χ0n) is 12.4. The van der Waals surface area contributed by atoms with Crippen molar-refractivity contribution in [3.05, 3.63) is 29.5 Å². The van der Waals surface area contributed by atoms with Gasteiger partial charge in [-0.2, -0.15) is 5.10 Å². The van der Waals surface area contributed by atoms with Crippen LogP contribution >= 0.6 is 11.3 Å². The van der Waals surface area contributed by atoms with E-state index >= 15 is 0 Å². The monoisotopic (exact) mass is 293 g/mol. The minimum absolute atomic E-state index is 0.383. The zero-order chi connectivity index (χ0) is 14.4. The van der Waals surface area contributed by atoms with Crippen molar-refractivity contribution in [2.75, 3.05) is 18.0 Å². The first-order valence-electron chi connectivity index (χ1n) is 7.13. The van der Waals surface area contributed by atoms with E-state index in [0.29, 0.717) is 6.04 Å². The summed E-state index contributed by atoms with van der Waals surface area (Å²) < 4.78 is 1.95. The summed E-state index contributed by atoms with van der Waals surface area (Å²) in [5, 5.41) is 8.85. The maximum absolute atomic E-state index is 4.50. The van der Waals surface area contributed by atoms with E-state index < -0.39 is 0 Å². The smallest absolute Gasteiger partial charge is 0.185 e. The molecule has 1 atom stereocenters. The van der Waals surface area contributed by atoms with E-state index in [9.17, 15) is 0 Å². The third-order valence-electron chi connectivity index (χ3n) is 3.22. The van der Waals surface area contributed by atoms with Crippen molar-refractivity contribution in [3.8, 4) is 0 Å². The molecule has 0 saturated carbocycles. The Balaban J connectivity index is 1.81. The van der Waals surface area contributed by atoms with E-state index in [-0.39, 0.29) is 0 Å². The van der Waals surface area contributed by atoms with Crippen LogP contribution in [0.25, 0.3) is 0 Å². The highest BCUT2D eigenvalue weighted by Gasteiger charge is 2.09. The van der Waals surface area contributed by atoms with Crippen LogP contribution in [0.2, 0.25) is 0 Å². The lowest BCUT2D eigenvalue weighted by Gasteiger charge is -2.16. The Labute approximate surface area is 124 Å². The molecule has 6 heteroatoms. The molecule has 0 aliphatic heterocycles. The highest BCUT2D eigenvalue weighted by Crippen LogP contribution is 2.22. The first-order chi connectivity index (χ1) is 9.72.